The minimum atomic E-state index is -0.293. The van der Waals surface area contributed by atoms with Crippen molar-refractivity contribution in [2.75, 3.05) is 31.2 Å². The van der Waals surface area contributed by atoms with Crippen LogP contribution < -0.4 is 9.64 Å². The maximum atomic E-state index is 11.8. The lowest BCUT2D eigenvalue weighted by Gasteiger charge is -2.27. The van der Waals surface area contributed by atoms with E-state index < -0.39 is 0 Å². The summed E-state index contributed by atoms with van der Waals surface area (Å²) in [4.78, 5) is 29.7. The molecule has 0 fully saturated rings. The topological polar surface area (TPSA) is 68.1 Å². The SMILES string of the molecule is CC(=O)OCCN1/C(=C/C=C2\CCC(/C=C/C3=[N+](CCOC(C)=O)c4ccc(C)cc4C3(C)C)=C2Oc2ccc([S+](c3ccccc3)c3ccccc3)cc2)C(C)(C)c2cc(C)ccc21. The fourth-order valence-corrected chi connectivity index (χ4v) is 11.5. The number of nitrogens with zero attached hydrogens (tertiary/aromatic N) is 2. The van der Waals surface area contributed by atoms with Crippen LogP contribution in [-0.2, 0) is 40.8 Å². The van der Waals surface area contributed by atoms with Crippen LogP contribution in [0.1, 0.15) is 76.6 Å². The van der Waals surface area contributed by atoms with Crippen molar-refractivity contribution in [1.82, 2.24) is 0 Å². The van der Waals surface area contributed by atoms with Gasteiger partial charge in [-0.2, -0.15) is 4.58 Å². The highest BCUT2D eigenvalue weighted by Crippen LogP contribution is 2.48. The highest BCUT2D eigenvalue weighted by atomic mass is 32.2. The molecule has 0 unspecified atom stereocenters. The molecule has 0 N–H and O–H groups in total. The fourth-order valence-electron chi connectivity index (χ4n) is 9.42. The molecule has 65 heavy (non-hydrogen) atoms. The molecule has 0 spiro atoms. The molecule has 2 heterocycles. The second kappa shape index (κ2) is 19.0. The quantitative estimate of drug-likeness (QED) is 0.0629. The first-order valence-corrected chi connectivity index (χ1v) is 23.8. The van der Waals surface area contributed by atoms with Gasteiger partial charge in [-0.3, -0.25) is 9.59 Å². The Labute approximate surface area is 387 Å². The third-order valence-electron chi connectivity index (χ3n) is 12.7. The molecule has 0 bridgehead atoms. The summed E-state index contributed by atoms with van der Waals surface area (Å²) in [5.74, 6) is 1.05. The molecule has 1 aliphatic carbocycles. The molecule has 0 amide bonds. The second-order valence-electron chi connectivity index (χ2n) is 18.1. The molecule has 2 aliphatic heterocycles. The van der Waals surface area contributed by atoms with Crippen molar-refractivity contribution in [3.63, 3.8) is 0 Å². The van der Waals surface area contributed by atoms with Gasteiger partial charge in [0.05, 0.1) is 22.9 Å². The van der Waals surface area contributed by atoms with E-state index in [2.05, 4.69) is 197 Å². The minimum Gasteiger partial charge on any atom is -0.464 e. The molecule has 0 saturated heterocycles. The monoisotopic (exact) mass is 884 g/mol. The van der Waals surface area contributed by atoms with Crippen LogP contribution in [0.25, 0.3) is 0 Å². The summed E-state index contributed by atoms with van der Waals surface area (Å²) < 4.78 is 20.3. The molecule has 3 aliphatic rings. The smallest absolute Gasteiger partial charge is 0.302 e. The lowest BCUT2D eigenvalue weighted by atomic mass is 9.80. The molecular weight excluding hydrogens is 825 g/mol. The summed E-state index contributed by atoms with van der Waals surface area (Å²) in [6.07, 6.45) is 10.6. The van der Waals surface area contributed by atoms with Crippen LogP contribution in [0.3, 0.4) is 0 Å². The highest BCUT2D eigenvalue weighted by molar-refractivity contribution is 7.97. The Balaban J connectivity index is 1.20. The van der Waals surface area contributed by atoms with Crippen LogP contribution in [0.4, 0.5) is 11.4 Å². The van der Waals surface area contributed by atoms with E-state index in [4.69, 9.17) is 14.2 Å². The average Bonchev–Trinajstić information content (AvgIpc) is 3.83. The van der Waals surface area contributed by atoms with Gasteiger partial charge in [0.15, 0.2) is 33.5 Å². The predicted molar refractivity (Wildman–Crippen MR) is 262 cm³/mol. The summed E-state index contributed by atoms with van der Waals surface area (Å²) in [6, 6.07) is 43.2. The molecule has 8 rings (SSSR count). The van der Waals surface area contributed by atoms with Crippen LogP contribution in [0.15, 0.2) is 183 Å². The van der Waals surface area contributed by atoms with Gasteiger partial charge in [-0.1, -0.05) is 85.6 Å². The van der Waals surface area contributed by atoms with Crippen molar-refractivity contribution in [2.24, 2.45) is 0 Å². The van der Waals surface area contributed by atoms with Gasteiger partial charge in [-0.15, -0.1) is 0 Å². The van der Waals surface area contributed by atoms with Crippen molar-refractivity contribution < 1.29 is 28.4 Å². The van der Waals surface area contributed by atoms with E-state index in [0.717, 1.165) is 58.3 Å². The number of hydrogen-bond acceptors (Lipinski definition) is 6. The lowest BCUT2D eigenvalue weighted by molar-refractivity contribution is -0.440. The first-order chi connectivity index (χ1) is 31.2. The largest absolute Gasteiger partial charge is 0.464 e. The second-order valence-corrected chi connectivity index (χ2v) is 20.1. The van der Waals surface area contributed by atoms with Crippen molar-refractivity contribution in [3.8, 4) is 5.75 Å². The third-order valence-corrected chi connectivity index (χ3v) is 14.9. The number of aryl methyl sites for hydroxylation is 2. The number of allylic oxidation sites excluding steroid dienone is 7. The van der Waals surface area contributed by atoms with Crippen molar-refractivity contribution in [2.45, 2.75) is 93.7 Å². The van der Waals surface area contributed by atoms with Crippen LogP contribution in [-0.4, -0.2) is 48.5 Å². The maximum absolute atomic E-state index is 11.8. The van der Waals surface area contributed by atoms with E-state index in [1.54, 1.807) is 0 Å². The number of fused-ring (bicyclic) bond motifs is 2. The number of carbonyl (C=O) groups excluding carboxylic acids is 2. The average molecular weight is 885 g/mol. The van der Waals surface area contributed by atoms with Crippen molar-refractivity contribution >= 4 is 39.9 Å². The summed E-state index contributed by atoms with van der Waals surface area (Å²) in [5, 5.41) is 0. The zero-order valence-electron chi connectivity index (χ0n) is 38.9. The predicted octanol–water partition coefficient (Wildman–Crippen LogP) is 12.2. The van der Waals surface area contributed by atoms with Gasteiger partial charge >= 0.3 is 11.9 Å². The van der Waals surface area contributed by atoms with Crippen LogP contribution in [0, 0.1) is 13.8 Å². The van der Waals surface area contributed by atoms with E-state index in [1.807, 2.05) is 0 Å². The minimum absolute atomic E-state index is 0.284. The van der Waals surface area contributed by atoms with Gasteiger partial charge in [0.25, 0.3) is 0 Å². The first kappa shape index (κ1) is 45.2. The molecule has 0 saturated carbocycles. The molecule has 0 radical (unpaired) electrons. The molecule has 7 nitrogen and oxygen atoms in total. The molecule has 0 atom stereocenters. The van der Waals surface area contributed by atoms with Gasteiger partial charge in [0.2, 0.25) is 5.69 Å². The Bertz CT molecular complexity index is 2720. The Kier molecular flexibility index (Phi) is 13.2. The summed E-state index contributed by atoms with van der Waals surface area (Å²) in [6.45, 7) is 17.9. The van der Waals surface area contributed by atoms with E-state index >= 15 is 0 Å². The summed E-state index contributed by atoms with van der Waals surface area (Å²) in [5.41, 5.74) is 11.1. The Morgan fingerprint density at radius 2 is 1.28 bits per heavy atom. The molecule has 5 aromatic carbocycles. The lowest BCUT2D eigenvalue weighted by Crippen LogP contribution is -2.29. The number of benzene rings is 5. The van der Waals surface area contributed by atoms with Gasteiger partial charge in [0, 0.05) is 48.4 Å². The van der Waals surface area contributed by atoms with Crippen LogP contribution >= 0.6 is 0 Å². The normalized spacial score (nSPS) is 17.4. The number of anilines is 1. The Hall–Kier alpha value is -6.38. The van der Waals surface area contributed by atoms with Gasteiger partial charge < -0.3 is 19.1 Å². The Morgan fingerprint density at radius 3 is 1.92 bits per heavy atom. The molecule has 8 heteroatoms. The van der Waals surface area contributed by atoms with Gasteiger partial charge in [-0.05, 0) is 130 Å². The number of rotatable bonds is 14. The highest BCUT2D eigenvalue weighted by Gasteiger charge is 2.45. The number of carbonyl (C=O) groups is 2. The summed E-state index contributed by atoms with van der Waals surface area (Å²) >= 11 is 0. The number of esters is 2. The van der Waals surface area contributed by atoms with E-state index in [0.29, 0.717) is 26.3 Å². The molecule has 5 aromatic rings. The fraction of sp³-hybridized carbons (Fsp3) is 0.281. The Morgan fingerprint density at radius 1 is 0.677 bits per heavy atom. The molecule has 332 valence electrons. The van der Waals surface area contributed by atoms with Crippen LogP contribution in [0.5, 0.6) is 5.75 Å². The van der Waals surface area contributed by atoms with E-state index in [-0.39, 0.29) is 33.7 Å². The zero-order chi connectivity index (χ0) is 45.9. The number of hydrogen-bond donors (Lipinski definition) is 0. The van der Waals surface area contributed by atoms with E-state index in [1.165, 1.54) is 50.8 Å². The van der Waals surface area contributed by atoms with Gasteiger partial charge in [0.1, 0.15) is 18.1 Å². The van der Waals surface area contributed by atoms with E-state index in [9.17, 15) is 9.59 Å². The maximum Gasteiger partial charge on any atom is 0.302 e. The first-order valence-electron chi connectivity index (χ1n) is 22.6. The summed E-state index contributed by atoms with van der Waals surface area (Å²) in [7, 11) is -0.285. The third kappa shape index (κ3) is 9.55. The molecular formula is C57H60N2O5S+2. The standard InChI is InChI=1S/C57H60N2O5S/c1-39-19-29-51-49(37-39)56(5,6)53(58(51)33-35-62-41(3)60)31-23-43-21-22-44(24-32-54-57(7,8)50-38-40(2)20-30-52(50)59(54)34-36-63-42(4)61)55(43)64-45-25-27-48(28-26-45)65(46-15-11-9-12-16-46)47-17-13-10-14-18-47/h9-20,23-32,37-38H,21-22,33-36H2,1-8H3/q+2. The number of ether oxygens (including phenoxy) is 3. The molecule has 0 aromatic heterocycles. The zero-order valence-corrected chi connectivity index (χ0v) is 39.8. The van der Waals surface area contributed by atoms with Crippen molar-refractivity contribution in [3.05, 3.63) is 190 Å². The van der Waals surface area contributed by atoms with Gasteiger partial charge in [-0.25, -0.2) is 0 Å². The van der Waals surface area contributed by atoms with Crippen molar-refractivity contribution in [1.29, 1.82) is 0 Å². The van der Waals surface area contributed by atoms with Crippen LogP contribution in [0.2, 0.25) is 0 Å².